The Morgan fingerprint density at radius 2 is 2.15 bits per heavy atom. The predicted octanol–water partition coefficient (Wildman–Crippen LogP) is 1.13. The van der Waals surface area contributed by atoms with Gasteiger partial charge in [0.15, 0.2) is 5.96 Å². The zero-order valence-electron chi connectivity index (χ0n) is 16.5. The minimum absolute atomic E-state index is 0.261. The van der Waals surface area contributed by atoms with Gasteiger partial charge < -0.3 is 21.1 Å². The molecular formula is C20H33N5O2. The molecule has 1 aliphatic heterocycles. The zero-order chi connectivity index (χ0) is 19.5. The molecule has 0 radical (unpaired) electrons. The number of carbonyl (C=O) groups is 1. The van der Waals surface area contributed by atoms with E-state index >= 15 is 0 Å². The Morgan fingerprint density at radius 3 is 2.81 bits per heavy atom. The number of nitrogens with two attached hydrogens (primary N) is 1. The van der Waals surface area contributed by atoms with Crippen molar-refractivity contribution in [1.82, 2.24) is 15.5 Å². The summed E-state index contributed by atoms with van der Waals surface area (Å²) in [7, 11) is 1.79. The maximum atomic E-state index is 11.0. The topological polar surface area (TPSA) is 92.0 Å². The van der Waals surface area contributed by atoms with Gasteiger partial charge in [-0.3, -0.25) is 14.7 Å². The predicted molar refractivity (Wildman–Crippen MR) is 109 cm³/mol. The number of aliphatic imine (C=N–C) groups is 1. The Kier molecular flexibility index (Phi) is 8.91. The SMILES string of the molecule is CCCOc1cccc(CCNC(=NC)NC2CCN(CC(N)=O)CC2)c1. The fourth-order valence-electron chi connectivity index (χ4n) is 3.18. The molecule has 27 heavy (non-hydrogen) atoms. The lowest BCUT2D eigenvalue weighted by Gasteiger charge is -2.32. The van der Waals surface area contributed by atoms with Crippen LogP contribution in [0.4, 0.5) is 0 Å². The van der Waals surface area contributed by atoms with Gasteiger partial charge in [0.05, 0.1) is 13.2 Å². The molecule has 1 heterocycles. The number of likely N-dealkylation sites (tertiary alicyclic amines) is 1. The zero-order valence-corrected chi connectivity index (χ0v) is 16.5. The first kappa shape index (κ1) is 21.0. The molecule has 1 amide bonds. The Hall–Kier alpha value is -2.28. The molecule has 150 valence electrons. The second-order valence-corrected chi connectivity index (χ2v) is 6.91. The molecule has 0 atom stereocenters. The lowest BCUT2D eigenvalue weighted by Crippen LogP contribution is -2.50. The highest BCUT2D eigenvalue weighted by molar-refractivity contribution is 5.80. The number of amides is 1. The van der Waals surface area contributed by atoms with Crippen LogP contribution in [0.15, 0.2) is 29.3 Å². The van der Waals surface area contributed by atoms with E-state index < -0.39 is 0 Å². The van der Waals surface area contributed by atoms with Gasteiger partial charge in [-0.2, -0.15) is 0 Å². The van der Waals surface area contributed by atoms with Crippen molar-refractivity contribution in [2.45, 2.75) is 38.6 Å². The standard InChI is InChI=1S/C20H33N5O2/c1-3-13-27-18-6-4-5-16(14-18)7-10-23-20(22-2)24-17-8-11-25(12-9-17)15-19(21)26/h4-6,14,17H,3,7-13,15H2,1-2H3,(H2,21,26)(H2,22,23,24). The van der Waals surface area contributed by atoms with Crippen molar-refractivity contribution in [3.8, 4) is 5.75 Å². The number of hydrogen-bond acceptors (Lipinski definition) is 4. The van der Waals surface area contributed by atoms with Crippen molar-refractivity contribution in [1.29, 1.82) is 0 Å². The molecule has 0 aromatic heterocycles. The number of rotatable bonds is 9. The maximum absolute atomic E-state index is 11.0. The molecular weight excluding hydrogens is 342 g/mol. The van der Waals surface area contributed by atoms with E-state index in [0.717, 1.165) is 63.6 Å². The lowest BCUT2D eigenvalue weighted by molar-refractivity contribution is -0.119. The minimum atomic E-state index is -0.261. The van der Waals surface area contributed by atoms with Crippen LogP contribution >= 0.6 is 0 Å². The van der Waals surface area contributed by atoms with Crippen LogP contribution in [-0.2, 0) is 11.2 Å². The van der Waals surface area contributed by atoms with Crippen molar-refractivity contribution in [2.24, 2.45) is 10.7 Å². The Bertz CT molecular complexity index is 612. The van der Waals surface area contributed by atoms with E-state index in [0.29, 0.717) is 12.6 Å². The summed E-state index contributed by atoms with van der Waals surface area (Å²) in [4.78, 5) is 17.4. The van der Waals surface area contributed by atoms with Gasteiger partial charge in [0.2, 0.25) is 5.91 Å². The molecule has 1 saturated heterocycles. The Labute approximate surface area is 162 Å². The van der Waals surface area contributed by atoms with Crippen LogP contribution in [0.25, 0.3) is 0 Å². The van der Waals surface area contributed by atoms with E-state index in [1.54, 1.807) is 7.05 Å². The van der Waals surface area contributed by atoms with Gasteiger partial charge >= 0.3 is 0 Å². The molecule has 1 fully saturated rings. The van der Waals surface area contributed by atoms with E-state index in [1.807, 2.05) is 12.1 Å². The summed E-state index contributed by atoms with van der Waals surface area (Å²) in [6, 6.07) is 8.61. The second kappa shape index (κ2) is 11.4. The first-order chi connectivity index (χ1) is 13.1. The van der Waals surface area contributed by atoms with Gasteiger partial charge in [-0.15, -0.1) is 0 Å². The van der Waals surface area contributed by atoms with Crippen LogP contribution in [0.5, 0.6) is 5.75 Å². The first-order valence-corrected chi connectivity index (χ1v) is 9.80. The first-order valence-electron chi connectivity index (χ1n) is 9.80. The van der Waals surface area contributed by atoms with Crippen LogP contribution in [0.1, 0.15) is 31.7 Å². The summed E-state index contributed by atoms with van der Waals surface area (Å²) in [5.41, 5.74) is 6.50. The molecule has 1 aromatic carbocycles. The molecule has 0 aliphatic carbocycles. The Morgan fingerprint density at radius 1 is 1.37 bits per heavy atom. The molecule has 1 aliphatic rings. The van der Waals surface area contributed by atoms with Crippen LogP contribution in [-0.4, -0.2) is 62.6 Å². The number of hydrogen-bond donors (Lipinski definition) is 3. The number of guanidine groups is 1. The van der Waals surface area contributed by atoms with Crippen LogP contribution < -0.4 is 21.1 Å². The molecule has 4 N–H and O–H groups in total. The van der Waals surface area contributed by atoms with Gasteiger partial charge in [0.25, 0.3) is 0 Å². The summed E-state index contributed by atoms with van der Waals surface area (Å²) in [6.07, 6.45) is 3.87. The number of nitrogens with zero attached hydrogens (tertiary/aromatic N) is 2. The molecule has 7 nitrogen and oxygen atoms in total. The number of benzene rings is 1. The summed E-state index contributed by atoms with van der Waals surface area (Å²) in [6.45, 7) is 5.76. The van der Waals surface area contributed by atoms with Crippen molar-refractivity contribution in [3.05, 3.63) is 29.8 Å². The van der Waals surface area contributed by atoms with Crippen molar-refractivity contribution < 1.29 is 9.53 Å². The molecule has 0 spiro atoms. The quantitative estimate of drug-likeness (QED) is 0.445. The molecule has 0 unspecified atom stereocenters. The highest BCUT2D eigenvalue weighted by Crippen LogP contribution is 2.14. The number of nitrogens with one attached hydrogen (secondary N) is 2. The average Bonchev–Trinajstić information content (AvgIpc) is 2.67. The van der Waals surface area contributed by atoms with E-state index in [4.69, 9.17) is 10.5 Å². The monoisotopic (exact) mass is 375 g/mol. The number of primary amides is 1. The lowest BCUT2D eigenvalue weighted by atomic mass is 10.1. The number of carbonyl (C=O) groups excluding carboxylic acids is 1. The molecule has 2 rings (SSSR count). The van der Waals surface area contributed by atoms with Gasteiger partial charge in [-0.1, -0.05) is 19.1 Å². The third-order valence-electron chi connectivity index (χ3n) is 4.61. The molecule has 1 aromatic rings. The summed E-state index contributed by atoms with van der Waals surface area (Å²) >= 11 is 0. The third-order valence-corrected chi connectivity index (χ3v) is 4.61. The number of piperidine rings is 1. The molecule has 0 saturated carbocycles. The van der Waals surface area contributed by atoms with Crippen molar-refractivity contribution in [3.63, 3.8) is 0 Å². The average molecular weight is 376 g/mol. The normalized spacial score (nSPS) is 16.1. The second-order valence-electron chi connectivity index (χ2n) is 6.91. The molecule has 0 bridgehead atoms. The summed E-state index contributed by atoms with van der Waals surface area (Å²) in [5.74, 6) is 1.49. The van der Waals surface area contributed by atoms with Crippen LogP contribution in [0.3, 0.4) is 0 Å². The van der Waals surface area contributed by atoms with Gasteiger partial charge in [-0.05, 0) is 43.4 Å². The largest absolute Gasteiger partial charge is 0.494 e. The van der Waals surface area contributed by atoms with Gasteiger partial charge in [-0.25, -0.2) is 0 Å². The van der Waals surface area contributed by atoms with Gasteiger partial charge in [0.1, 0.15) is 5.75 Å². The van der Waals surface area contributed by atoms with E-state index in [2.05, 4.69) is 39.6 Å². The summed E-state index contributed by atoms with van der Waals surface area (Å²) < 4.78 is 5.69. The smallest absolute Gasteiger partial charge is 0.231 e. The third kappa shape index (κ3) is 7.86. The fraction of sp³-hybridized carbons (Fsp3) is 0.600. The minimum Gasteiger partial charge on any atom is -0.494 e. The molecule has 7 heteroatoms. The number of ether oxygens (including phenoxy) is 1. The highest BCUT2D eigenvalue weighted by atomic mass is 16.5. The van der Waals surface area contributed by atoms with Crippen LogP contribution in [0.2, 0.25) is 0 Å². The maximum Gasteiger partial charge on any atom is 0.231 e. The summed E-state index contributed by atoms with van der Waals surface area (Å²) in [5, 5.41) is 6.86. The fourth-order valence-corrected chi connectivity index (χ4v) is 3.18. The van der Waals surface area contributed by atoms with Crippen molar-refractivity contribution >= 4 is 11.9 Å². The van der Waals surface area contributed by atoms with E-state index in [1.165, 1.54) is 5.56 Å². The van der Waals surface area contributed by atoms with E-state index in [9.17, 15) is 4.79 Å². The van der Waals surface area contributed by atoms with Gasteiger partial charge in [0, 0.05) is 32.7 Å². The van der Waals surface area contributed by atoms with Crippen LogP contribution in [0, 0.1) is 0 Å². The van der Waals surface area contributed by atoms with E-state index in [-0.39, 0.29) is 5.91 Å². The highest BCUT2D eigenvalue weighted by Gasteiger charge is 2.20. The van der Waals surface area contributed by atoms with Crippen molar-refractivity contribution in [2.75, 3.05) is 39.8 Å². The Balaban J connectivity index is 1.71.